The van der Waals surface area contributed by atoms with Crippen molar-refractivity contribution in [3.63, 3.8) is 0 Å². The minimum absolute atomic E-state index is 0.0584. The summed E-state index contributed by atoms with van der Waals surface area (Å²) in [6.07, 6.45) is 1.60. The fraction of sp³-hybridized carbons (Fsp3) is 0.316. The highest BCUT2D eigenvalue weighted by Gasteiger charge is 2.19. The lowest BCUT2D eigenvalue weighted by atomic mass is 9.92. The highest BCUT2D eigenvalue weighted by Crippen LogP contribution is 2.39. The standard InChI is InChI=1S/C19H21FO3/c1-5-6-16-15(9-8-14(12(2)21)19(16)23-4)17-11-13(20)7-10-18(17)22-3/h7-11H,5-6H2,1-4H3. The fourth-order valence-electron chi connectivity index (χ4n) is 2.78. The first-order valence-electron chi connectivity index (χ1n) is 7.58. The monoisotopic (exact) mass is 316 g/mol. The van der Waals surface area contributed by atoms with Crippen LogP contribution in [0.1, 0.15) is 36.2 Å². The molecule has 0 radical (unpaired) electrons. The molecule has 4 heteroatoms. The summed E-state index contributed by atoms with van der Waals surface area (Å²) in [5.41, 5.74) is 2.91. The number of carbonyl (C=O) groups excluding carboxylic acids is 1. The number of halogens is 1. The average Bonchev–Trinajstić information content (AvgIpc) is 2.54. The predicted octanol–water partition coefficient (Wildman–Crippen LogP) is 4.67. The van der Waals surface area contributed by atoms with E-state index in [4.69, 9.17) is 9.47 Å². The van der Waals surface area contributed by atoms with Crippen LogP contribution < -0.4 is 9.47 Å². The molecular weight excluding hydrogens is 295 g/mol. The van der Waals surface area contributed by atoms with Crippen LogP contribution in [-0.4, -0.2) is 20.0 Å². The Hall–Kier alpha value is -2.36. The van der Waals surface area contributed by atoms with E-state index in [0.717, 1.165) is 24.0 Å². The van der Waals surface area contributed by atoms with E-state index >= 15 is 0 Å². The topological polar surface area (TPSA) is 35.5 Å². The quantitative estimate of drug-likeness (QED) is 0.727. The lowest BCUT2D eigenvalue weighted by molar-refractivity contribution is 0.101. The van der Waals surface area contributed by atoms with Crippen molar-refractivity contribution in [2.75, 3.05) is 14.2 Å². The smallest absolute Gasteiger partial charge is 0.163 e. The van der Waals surface area contributed by atoms with Crippen molar-refractivity contribution >= 4 is 5.78 Å². The Morgan fingerprint density at radius 2 is 1.83 bits per heavy atom. The van der Waals surface area contributed by atoms with Crippen molar-refractivity contribution in [2.24, 2.45) is 0 Å². The number of methoxy groups -OCH3 is 2. The molecule has 0 heterocycles. The van der Waals surface area contributed by atoms with Crippen molar-refractivity contribution in [1.29, 1.82) is 0 Å². The molecule has 0 fully saturated rings. The summed E-state index contributed by atoms with van der Waals surface area (Å²) in [5, 5.41) is 0. The minimum atomic E-state index is -0.335. The van der Waals surface area contributed by atoms with Gasteiger partial charge in [0, 0.05) is 11.1 Å². The van der Waals surface area contributed by atoms with Gasteiger partial charge in [0.05, 0.1) is 19.8 Å². The molecule has 3 nitrogen and oxygen atoms in total. The van der Waals surface area contributed by atoms with Crippen molar-refractivity contribution < 1.29 is 18.7 Å². The lowest BCUT2D eigenvalue weighted by Gasteiger charge is -2.18. The van der Waals surface area contributed by atoms with Crippen LogP contribution in [0.3, 0.4) is 0 Å². The summed E-state index contributed by atoms with van der Waals surface area (Å²) in [7, 11) is 3.10. The van der Waals surface area contributed by atoms with E-state index in [-0.39, 0.29) is 11.6 Å². The van der Waals surface area contributed by atoms with Gasteiger partial charge < -0.3 is 9.47 Å². The number of Topliss-reactive ketones (excluding diaryl/α,β-unsaturated/α-hetero) is 1. The Kier molecular flexibility index (Phi) is 5.37. The van der Waals surface area contributed by atoms with Gasteiger partial charge in [-0.15, -0.1) is 0 Å². The molecule has 2 rings (SSSR count). The van der Waals surface area contributed by atoms with Crippen LogP contribution in [-0.2, 0) is 6.42 Å². The molecule has 0 aliphatic heterocycles. The Morgan fingerprint density at radius 1 is 1.09 bits per heavy atom. The number of ketones is 1. The predicted molar refractivity (Wildman–Crippen MR) is 88.9 cm³/mol. The zero-order valence-corrected chi connectivity index (χ0v) is 13.9. The number of hydrogen-bond donors (Lipinski definition) is 0. The molecule has 0 atom stereocenters. The maximum Gasteiger partial charge on any atom is 0.163 e. The van der Waals surface area contributed by atoms with E-state index in [9.17, 15) is 9.18 Å². The molecule has 2 aromatic carbocycles. The molecular formula is C19H21FO3. The fourth-order valence-corrected chi connectivity index (χ4v) is 2.78. The Bertz CT molecular complexity index is 723. The third-order valence-electron chi connectivity index (χ3n) is 3.80. The van der Waals surface area contributed by atoms with E-state index in [1.54, 1.807) is 26.4 Å². The van der Waals surface area contributed by atoms with Gasteiger partial charge in [-0.05, 0) is 43.2 Å². The average molecular weight is 316 g/mol. The van der Waals surface area contributed by atoms with Gasteiger partial charge in [-0.2, -0.15) is 0 Å². The first-order chi connectivity index (χ1) is 11.0. The van der Waals surface area contributed by atoms with Crippen molar-refractivity contribution in [1.82, 2.24) is 0 Å². The highest BCUT2D eigenvalue weighted by molar-refractivity contribution is 5.98. The molecule has 2 aromatic rings. The number of rotatable bonds is 6. The highest BCUT2D eigenvalue weighted by atomic mass is 19.1. The van der Waals surface area contributed by atoms with Gasteiger partial charge in [0.15, 0.2) is 5.78 Å². The minimum Gasteiger partial charge on any atom is -0.496 e. The van der Waals surface area contributed by atoms with Crippen molar-refractivity contribution in [3.05, 3.63) is 47.3 Å². The molecule has 0 amide bonds. The second-order valence-corrected chi connectivity index (χ2v) is 5.32. The first kappa shape index (κ1) is 17.0. The summed E-state index contributed by atoms with van der Waals surface area (Å²) in [6, 6.07) is 7.97. The molecule has 23 heavy (non-hydrogen) atoms. The van der Waals surface area contributed by atoms with Crippen LogP contribution in [0.25, 0.3) is 11.1 Å². The molecule has 0 aliphatic rings. The van der Waals surface area contributed by atoms with Crippen LogP contribution in [0, 0.1) is 5.82 Å². The summed E-state index contributed by atoms with van der Waals surface area (Å²) >= 11 is 0. The molecule has 0 N–H and O–H groups in total. The largest absolute Gasteiger partial charge is 0.496 e. The van der Waals surface area contributed by atoms with Crippen molar-refractivity contribution in [2.45, 2.75) is 26.7 Å². The van der Waals surface area contributed by atoms with E-state index in [2.05, 4.69) is 0 Å². The van der Waals surface area contributed by atoms with E-state index in [1.807, 2.05) is 13.0 Å². The van der Waals surface area contributed by atoms with E-state index < -0.39 is 0 Å². The van der Waals surface area contributed by atoms with Crippen molar-refractivity contribution in [3.8, 4) is 22.6 Å². The SMILES string of the molecule is CCCc1c(-c2cc(F)ccc2OC)ccc(C(C)=O)c1OC. The van der Waals surface area contributed by atoms with Gasteiger partial charge in [0.2, 0.25) is 0 Å². The van der Waals surface area contributed by atoms with Crippen LogP contribution in [0.2, 0.25) is 0 Å². The molecule has 0 bridgehead atoms. The normalized spacial score (nSPS) is 10.5. The number of benzene rings is 2. The zero-order valence-electron chi connectivity index (χ0n) is 13.9. The third-order valence-corrected chi connectivity index (χ3v) is 3.80. The van der Waals surface area contributed by atoms with Crippen LogP contribution in [0.4, 0.5) is 4.39 Å². The number of hydrogen-bond acceptors (Lipinski definition) is 3. The van der Waals surface area contributed by atoms with Gasteiger partial charge in [0.1, 0.15) is 17.3 Å². The van der Waals surface area contributed by atoms with Gasteiger partial charge in [-0.3, -0.25) is 4.79 Å². The zero-order chi connectivity index (χ0) is 17.0. The van der Waals surface area contributed by atoms with E-state index in [1.165, 1.54) is 19.1 Å². The van der Waals surface area contributed by atoms with Gasteiger partial charge in [-0.25, -0.2) is 4.39 Å². The Balaban J connectivity index is 2.77. The lowest BCUT2D eigenvalue weighted by Crippen LogP contribution is -2.04. The van der Waals surface area contributed by atoms with Crippen LogP contribution >= 0.6 is 0 Å². The summed E-state index contributed by atoms with van der Waals surface area (Å²) in [6.45, 7) is 3.56. The molecule has 122 valence electrons. The summed E-state index contributed by atoms with van der Waals surface area (Å²) < 4.78 is 24.6. The maximum atomic E-state index is 13.7. The Morgan fingerprint density at radius 3 is 2.39 bits per heavy atom. The van der Waals surface area contributed by atoms with Gasteiger partial charge in [-0.1, -0.05) is 19.4 Å². The molecule has 0 saturated heterocycles. The van der Waals surface area contributed by atoms with Crippen LogP contribution in [0.15, 0.2) is 30.3 Å². The third kappa shape index (κ3) is 3.36. The molecule has 0 spiro atoms. The maximum absolute atomic E-state index is 13.7. The number of ether oxygens (including phenoxy) is 2. The second kappa shape index (κ2) is 7.27. The summed E-state index contributed by atoms with van der Waals surface area (Å²) in [5.74, 6) is 0.749. The molecule has 0 saturated carbocycles. The molecule has 0 aliphatic carbocycles. The second-order valence-electron chi connectivity index (χ2n) is 5.32. The number of carbonyl (C=O) groups is 1. The van der Waals surface area contributed by atoms with E-state index in [0.29, 0.717) is 22.6 Å². The van der Waals surface area contributed by atoms with Gasteiger partial charge >= 0.3 is 0 Å². The molecule has 0 unspecified atom stereocenters. The summed E-state index contributed by atoms with van der Waals surface area (Å²) in [4.78, 5) is 11.8. The van der Waals surface area contributed by atoms with Gasteiger partial charge in [0.25, 0.3) is 0 Å². The van der Waals surface area contributed by atoms with Crippen LogP contribution in [0.5, 0.6) is 11.5 Å². The first-order valence-corrected chi connectivity index (χ1v) is 7.58. The Labute approximate surface area is 136 Å². The molecule has 0 aromatic heterocycles.